The Balaban J connectivity index is 0.00000225. The first kappa shape index (κ1) is 21.6. The van der Waals surface area contributed by atoms with Gasteiger partial charge in [-0.3, -0.25) is 4.79 Å². The summed E-state index contributed by atoms with van der Waals surface area (Å²) in [7, 11) is -3.47. The van der Waals surface area contributed by atoms with Crippen LogP contribution in [-0.2, 0) is 10.0 Å². The minimum atomic E-state index is -3.47. The molecule has 3 saturated heterocycles. The molecule has 0 spiro atoms. The molecule has 3 aliphatic rings. The number of amides is 1. The summed E-state index contributed by atoms with van der Waals surface area (Å²) >= 11 is 0. The second kappa shape index (κ2) is 8.69. The molecule has 3 fully saturated rings. The van der Waals surface area contributed by atoms with Crippen LogP contribution in [0.2, 0.25) is 0 Å². The molecule has 4 rings (SSSR count). The van der Waals surface area contributed by atoms with E-state index >= 15 is 0 Å². The van der Waals surface area contributed by atoms with E-state index in [0.717, 1.165) is 45.2 Å². The Hall–Kier alpha value is -1.15. The zero-order valence-corrected chi connectivity index (χ0v) is 18.0. The van der Waals surface area contributed by atoms with Gasteiger partial charge in [0.25, 0.3) is 5.91 Å². The number of benzene rings is 1. The van der Waals surface area contributed by atoms with Gasteiger partial charge < -0.3 is 10.2 Å². The number of hydrogen-bond donors (Lipinski definition) is 1. The molecule has 1 aromatic carbocycles. The average molecular weight is 428 g/mol. The highest BCUT2D eigenvalue weighted by atomic mass is 35.5. The topological polar surface area (TPSA) is 69.7 Å². The minimum absolute atomic E-state index is 0. The van der Waals surface area contributed by atoms with Gasteiger partial charge >= 0.3 is 0 Å². The zero-order valence-electron chi connectivity index (χ0n) is 16.3. The molecule has 8 heteroatoms. The molecule has 1 amide bonds. The molecule has 0 saturated carbocycles. The zero-order chi connectivity index (χ0) is 19.0. The summed E-state index contributed by atoms with van der Waals surface area (Å²) in [6.45, 7) is 5.12. The van der Waals surface area contributed by atoms with Gasteiger partial charge in [0.1, 0.15) is 0 Å². The van der Waals surface area contributed by atoms with Crippen LogP contribution in [0.4, 0.5) is 0 Å². The van der Waals surface area contributed by atoms with E-state index < -0.39 is 10.0 Å². The second-order valence-electron chi connectivity index (χ2n) is 8.20. The normalized spacial score (nSPS) is 26.5. The summed E-state index contributed by atoms with van der Waals surface area (Å²) in [5, 5.41) is 3.40. The second-order valence-corrected chi connectivity index (χ2v) is 10.1. The number of halogens is 1. The quantitative estimate of drug-likeness (QED) is 0.804. The average Bonchev–Trinajstić information content (AvgIpc) is 2.94. The van der Waals surface area contributed by atoms with E-state index in [0.29, 0.717) is 30.6 Å². The van der Waals surface area contributed by atoms with E-state index in [2.05, 4.69) is 12.2 Å². The van der Waals surface area contributed by atoms with Gasteiger partial charge in [-0.15, -0.1) is 12.4 Å². The maximum absolute atomic E-state index is 13.1. The largest absolute Gasteiger partial charge is 0.331 e. The third-order valence-corrected chi connectivity index (χ3v) is 8.28. The fourth-order valence-electron chi connectivity index (χ4n) is 4.61. The number of sulfonamides is 1. The fraction of sp³-hybridized carbons (Fsp3) is 0.650. The first-order chi connectivity index (χ1) is 13.0. The molecule has 6 nitrogen and oxygen atoms in total. The number of rotatable bonds is 3. The Morgan fingerprint density at radius 2 is 1.64 bits per heavy atom. The molecular formula is C20H30ClN3O3S. The van der Waals surface area contributed by atoms with Gasteiger partial charge in [0.05, 0.1) is 4.90 Å². The Labute approximate surface area is 174 Å². The Morgan fingerprint density at radius 1 is 1.00 bits per heavy atom. The van der Waals surface area contributed by atoms with Gasteiger partial charge in [-0.25, -0.2) is 8.42 Å². The van der Waals surface area contributed by atoms with Crippen LogP contribution in [0.25, 0.3) is 0 Å². The van der Waals surface area contributed by atoms with Crippen molar-refractivity contribution in [3.63, 3.8) is 0 Å². The van der Waals surface area contributed by atoms with Crippen molar-refractivity contribution in [1.82, 2.24) is 14.5 Å². The van der Waals surface area contributed by atoms with Crippen LogP contribution in [0.15, 0.2) is 29.2 Å². The third kappa shape index (κ3) is 4.08. The van der Waals surface area contributed by atoms with Crippen molar-refractivity contribution in [2.45, 2.75) is 56.0 Å². The summed E-state index contributed by atoms with van der Waals surface area (Å²) in [6.07, 6.45) is 4.91. The number of hydrogen-bond acceptors (Lipinski definition) is 4. The number of fused-ring (bicyclic) bond motifs is 2. The van der Waals surface area contributed by atoms with Crippen LogP contribution in [0, 0.1) is 5.92 Å². The van der Waals surface area contributed by atoms with E-state index in [1.807, 2.05) is 4.90 Å². The Bertz CT molecular complexity index is 777. The van der Waals surface area contributed by atoms with E-state index in [9.17, 15) is 13.2 Å². The van der Waals surface area contributed by atoms with Crippen LogP contribution in [-0.4, -0.2) is 61.8 Å². The molecule has 2 bridgehead atoms. The number of nitrogens with one attached hydrogen (secondary N) is 1. The van der Waals surface area contributed by atoms with Crippen LogP contribution < -0.4 is 5.32 Å². The first-order valence-corrected chi connectivity index (χ1v) is 11.5. The van der Waals surface area contributed by atoms with Gasteiger partial charge in [0, 0.05) is 37.3 Å². The van der Waals surface area contributed by atoms with Crippen LogP contribution in [0.3, 0.4) is 0 Å². The van der Waals surface area contributed by atoms with E-state index in [-0.39, 0.29) is 29.3 Å². The predicted molar refractivity (Wildman–Crippen MR) is 111 cm³/mol. The van der Waals surface area contributed by atoms with Gasteiger partial charge in [-0.1, -0.05) is 6.92 Å². The standard InChI is InChI=1S/C20H29N3O3S.ClH/c1-15-9-12-22(13-10-15)27(25,26)19-6-2-16(3-7-19)20(24)23-17-4-5-18(23)14-21-11-8-17;/h2-3,6-7,15,17-18,21H,4-5,8-14H2,1H3;1H. The lowest BCUT2D eigenvalue weighted by Crippen LogP contribution is -2.42. The highest BCUT2D eigenvalue weighted by molar-refractivity contribution is 7.89. The van der Waals surface area contributed by atoms with Crippen molar-refractivity contribution in [2.24, 2.45) is 5.92 Å². The molecule has 3 heterocycles. The van der Waals surface area contributed by atoms with Crippen molar-refractivity contribution < 1.29 is 13.2 Å². The lowest BCUT2D eigenvalue weighted by Gasteiger charge is -2.29. The smallest absolute Gasteiger partial charge is 0.254 e. The number of piperidine rings is 1. The molecule has 0 aromatic heterocycles. The molecule has 3 aliphatic heterocycles. The van der Waals surface area contributed by atoms with Gasteiger partial charge in [0.15, 0.2) is 0 Å². The predicted octanol–water partition coefficient (Wildman–Crippen LogP) is 2.50. The van der Waals surface area contributed by atoms with Crippen molar-refractivity contribution in [3.05, 3.63) is 29.8 Å². The summed E-state index contributed by atoms with van der Waals surface area (Å²) in [5.74, 6) is 0.608. The van der Waals surface area contributed by atoms with Gasteiger partial charge in [-0.2, -0.15) is 4.31 Å². The van der Waals surface area contributed by atoms with Crippen LogP contribution >= 0.6 is 12.4 Å². The number of nitrogens with zero attached hydrogens (tertiary/aromatic N) is 2. The molecule has 2 unspecified atom stereocenters. The third-order valence-electron chi connectivity index (χ3n) is 6.37. The van der Waals surface area contributed by atoms with Gasteiger partial charge in [0.2, 0.25) is 10.0 Å². The molecule has 0 radical (unpaired) electrons. The summed E-state index contributed by atoms with van der Waals surface area (Å²) < 4.78 is 27.3. The molecule has 28 heavy (non-hydrogen) atoms. The summed E-state index contributed by atoms with van der Waals surface area (Å²) in [4.78, 5) is 15.4. The molecule has 156 valence electrons. The van der Waals surface area contributed by atoms with Crippen molar-refractivity contribution in [2.75, 3.05) is 26.2 Å². The molecular weight excluding hydrogens is 398 g/mol. The molecule has 2 atom stereocenters. The minimum Gasteiger partial charge on any atom is -0.331 e. The lowest BCUT2D eigenvalue weighted by atomic mass is 10.0. The van der Waals surface area contributed by atoms with E-state index in [1.165, 1.54) is 0 Å². The van der Waals surface area contributed by atoms with E-state index in [1.54, 1.807) is 28.6 Å². The Kier molecular flexibility index (Phi) is 6.69. The van der Waals surface area contributed by atoms with Crippen LogP contribution in [0.5, 0.6) is 0 Å². The lowest BCUT2D eigenvalue weighted by molar-refractivity contribution is 0.0680. The number of carbonyl (C=O) groups excluding carboxylic acids is 1. The Morgan fingerprint density at radius 3 is 2.32 bits per heavy atom. The van der Waals surface area contributed by atoms with Crippen molar-refractivity contribution in [1.29, 1.82) is 0 Å². The number of carbonyl (C=O) groups is 1. The monoisotopic (exact) mass is 427 g/mol. The van der Waals surface area contributed by atoms with Crippen molar-refractivity contribution >= 4 is 28.3 Å². The van der Waals surface area contributed by atoms with Gasteiger partial charge in [-0.05, 0) is 68.8 Å². The maximum atomic E-state index is 13.1. The van der Waals surface area contributed by atoms with Crippen LogP contribution in [0.1, 0.15) is 49.4 Å². The SMILES string of the molecule is CC1CCN(S(=O)(=O)c2ccc(C(=O)N3C4CCNCC3CC4)cc2)CC1.Cl. The summed E-state index contributed by atoms with van der Waals surface area (Å²) in [5.41, 5.74) is 0.583. The highest BCUT2D eigenvalue weighted by Crippen LogP contribution is 2.30. The first-order valence-electron chi connectivity index (χ1n) is 10.1. The van der Waals surface area contributed by atoms with Crippen molar-refractivity contribution in [3.8, 4) is 0 Å². The summed E-state index contributed by atoms with van der Waals surface area (Å²) in [6, 6.07) is 7.11. The van der Waals surface area contributed by atoms with E-state index in [4.69, 9.17) is 0 Å². The molecule has 1 N–H and O–H groups in total. The molecule has 1 aromatic rings. The highest BCUT2D eigenvalue weighted by Gasteiger charge is 2.38. The fourth-order valence-corrected chi connectivity index (χ4v) is 6.08. The maximum Gasteiger partial charge on any atom is 0.254 e. The molecule has 0 aliphatic carbocycles.